The van der Waals surface area contributed by atoms with Gasteiger partial charge < -0.3 is 0 Å². The van der Waals surface area contributed by atoms with Crippen LogP contribution in [0.1, 0.15) is 11.1 Å². The third kappa shape index (κ3) is 4.30. The number of ether oxygens (including phenoxy) is 1. The van der Waals surface area contributed by atoms with Crippen LogP contribution in [0.2, 0.25) is 0 Å². The molecule has 0 aliphatic rings. The molecule has 0 saturated carbocycles. The maximum atomic E-state index is 12.0. The van der Waals surface area contributed by atoms with Crippen molar-refractivity contribution in [1.82, 2.24) is 0 Å². The molecule has 1 N–H and O–H groups in total. The van der Waals surface area contributed by atoms with E-state index in [1.807, 2.05) is 26.0 Å². The fourth-order valence-electron chi connectivity index (χ4n) is 1.90. The van der Waals surface area contributed by atoms with E-state index in [0.717, 1.165) is 22.6 Å². The van der Waals surface area contributed by atoms with E-state index >= 15 is 0 Å². The topological polar surface area (TPSA) is 38.3 Å². The summed E-state index contributed by atoms with van der Waals surface area (Å²) in [6, 6.07) is 3.88. The molecule has 0 spiro atoms. The van der Waals surface area contributed by atoms with Crippen molar-refractivity contribution in [1.29, 1.82) is 0 Å². The Morgan fingerprint density at radius 3 is 2.11 bits per heavy atom. The van der Waals surface area contributed by atoms with Gasteiger partial charge in [-0.05, 0) is 0 Å². The van der Waals surface area contributed by atoms with Crippen molar-refractivity contribution in [3.8, 4) is 5.75 Å². The summed E-state index contributed by atoms with van der Waals surface area (Å²) in [5.41, 5.74) is 2.99. The summed E-state index contributed by atoms with van der Waals surface area (Å²) >= 11 is 0. The van der Waals surface area contributed by atoms with Crippen LogP contribution in [-0.2, 0) is 4.79 Å². The standard InChI is InChI=1S/C14H24NO2P/c1-10-7-12(17-3)8-11(2)14(10)15-13(16)9-18(4,5)6/h7-8,18H,9H2,1-6H3,(H,15,16). The van der Waals surface area contributed by atoms with Gasteiger partial charge in [-0.15, -0.1) is 0 Å². The molecule has 0 bridgehead atoms. The van der Waals surface area contributed by atoms with Gasteiger partial charge in [0.25, 0.3) is 0 Å². The second kappa shape index (κ2) is 5.71. The summed E-state index contributed by atoms with van der Waals surface area (Å²) in [6.45, 7) is 10.6. The van der Waals surface area contributed by atoms with Crippen LogP contribution in [0.15, 0.2) is 12.1 Å². The van der Waals surface area contributed by atoms with Gasteiger partial charge >= 0.3 is 110 Å². The molecule has 102 valence electrons. The summed E-state index contributed by atoms with van der Waals surface area (Å²) < 4.78 is 5.21. The minimum absolute atomic E-state index is 0.116. The van der Waals surface area contributed by atoms with Crippen LogP contribution in [0, 0.1) is 13.8 Å². The van der Waals surface area contributed by atoms with Crippen molar-refractivity contribution in [3.63, 3.8) is 0 Å². The summed E-state index contributed by atoms with van der Waals surface area (Å²) in [7, 11) is 0.287. The molecule has 0 saturated heterocycles. The van der Waals surface area contributed by atoms with Crippen molar-refractivity contribution >= 4 is 18.9 Å². The van der Waals surface area contributed by atoms with Gasteiger partial charge in [0.2, 0.25) is 0 Å². The Kier molecular flexibility index (Phi) is 4.75. The average Bonchev–Trinajstić information content (AvgIpc) is 2.20. The van der Waals surface area contributed by atoms with E-state index in [2.05, 4.69) is 25.3 Å². The zero-order chi connectivity index (χ0) is 13.9. The monoisotopic (exact) mass is 269 g/mol. The van der Waals surface area contributed by atoms with E-state index in [4.69, 9.17) is 4.74 Å². The van der Waals surface area contributed by atoms with Gasteiger partial charge in [-0.3, -0.25) is 0 Å². The second-order valence-electron chi connectivity index (χ2n) is 5.92. The van der Waals surface area contributed by atoms with Crippen LogP contribution in [0.3, 0.4) is 0 Å². The van der Waals surface area contributed by atoms with Crippen LogP contribution in [-0.4, -0.2) is 39.2 Å². The molecule has 0 aromatic heterocycles. The van der Waals surface area contributed by atoms with Crippen LogP contribution in [0.5, 0.6) is 5.75 Å². The fourth-order valence-corrected chi connectivity index (χ4v) is 2.96. The van der Waals surface area contributed by atoms with Gasteiger partial charge in [0.15, 0.2) is 0 Å². The molecule has 1 rings (SSSR count). The molecule has 0 unspecified atom stereocenters. The molecule has 0 fully saturated rings. The Labute approximate surface area is 110 Å². The Balaban J connectivity index is 2.88. The number of nitrogens with one attached hydrogen (secondary N) is 1. The third-order valence-electron chi connectivity index (χ3n) is 2.70. The number of hydrogen-bond donors (Lipinski definition) is 1. The van der Waals surface area contributed by atoms with E-state index in [0.29, 0.717) is 6.16 Å². The normalized spacial score (nSPS) is 12.1. The molecule has 0 aliphatic heterocycles. The Bertz CT molecular complexity index is 427. The predicted molar refractivity (Wildman–Crippen MR) is 82.1 cm³/mol. The molecule has 0 aliphatic carbocycles. The summed E-state index contributed by atoms with van der Waals surface area (Å²) in [6.07, 6.45) is 0.651. The van der Waals surface area contributed by atoms with Gasteiger partial charge in [-0.1, -0.05) is 0 Å². The van der Waals surface area contributed by atoms with Gasteiger partial charge in [-0.2, -0.15) is 0 Å². The molecule has 0 radical (unpaired) electrons. The second-order valence-corrected chi connectivity index (χ2v) is 11.4. The summed E-state index contributed by atoms with van der Waals surface area (Å²) in [4.78, 5) is 12.0. The van der Waals surface area contributed by atoms with Crippen LogP contribution >= 0.6 is 7.26 Å². The summed E-state index contributed by atoms with van der Waals surface area (Å²) in [5, 5.41) is 3.03. The first kappa shape index (κ1) is 15.0. The molecule has 0 heterocycles. The maximum absolute atomic E-state index is 12.0. The minimum atomic E-state index is -1.36. The first-order valence-electron chi connectivity index (χ1n) is 6.18. The van der Waals surface area contributed by atoms with E-state index < -0.39 is 7.26 Å². The van der Waals surface area contributed by atoms with Gasteiger partial charge in [0, 0.05) is 0 Å². The van der Waals surface area contributed by atoms with Crippen molar-refractivity contribution < 1.29 is 9.53 Å². The van der Waals surface area contributed by atoms with E-state index in [1.54, 1.807) is 7.11 Å². The predicted octanol–water partition coefficient (Wildman–Crippen LogP) is 2.89. The molecule has 4 heteroatoms. The quantitative estimate of drug-likeness (QED) is 0.854. The van der Waals surface area contributed by atoms with Crippen molar-refractivity contribution in [3.05, 3.63) is 23.3 Å². The molecular weight excluding hydrogens is 245 g/mol. The number of benzene rings is 1. The van der Waals surface area contributed by atoms with Gasteiger partial charge in [0.1, 0.15) is 0 Å². The third-order valence-corrected chi connectivity index (χ3v) is 4.08. The molecule has 0 atom stereocenters. The van der Waals surface area contributed by atoms with E-state index in [1.165, 1.54) is 0 Å². The van der Waals surface area contributed by atoms with E-state index in [-0.39, 0.29) is 5.91 Å². The first-order valence-corrected chi connectivity index (χ1v) is 9.89. The zero-order valence-corrected chi connectivity index (χ0v) is 13.2. The van der Waals surface area contributed by atoms with Crippen LogP contribution in [0.4, 0.5) is 5.69 Å². The van der Waals surface area contributed by atoms with Crippen molar-refractivity contribution in [2.45, 2.75) is 13.8 Å². The molecule has 1 aromatic carbocycles. The fraction of sp³-hybridized carbons (Fsp3) is 0.500. The van der Waals surface area contributed by atoms with Gasteiger partial charge in [-0.25, -0.2) is 0 Å². The van der Waals surface area contributed by atoms with Crippen LogP contribution < -0.4 is 10.1 Å². The number of carbonyl (C=O) groups is 1. The number of rotatable bonds is 4. The Morgan fingerprint density at radius 1 is 1.22 bits per heavy atom. The molecular formula is C14H24NO2P. The molecule has 18 heavy (non-hydrogen) atoms. The number of methoxy groups -OCH3 is 1. The Hall–Kier alpha value is -1.08. The molecule has 1 aromatic rings. The summed E-state index contributed by atoms with van der Waals surface area (Å²) in [5.74, 6) is 0.943. The number of amides is 1. The zero-order valence-electron chi connectivity index (χ0n) is 12.2. The number of hydrogen-bond acceptors (Lipinski definition) is 2. The van der Waals surface area contributed by atoms with Gasteiger partial charge in [0.05, 0.1) is 0 Å². The SMILES string of the molecule is COc1cc(C)c(NC(=O)C[PH](C)(C)C)c(C)c1. The van der Waals surface area contributed by atoms with E-state index in [9.17, 15) is 4.79 Å². The van der Waals surface area contributed by atoms with Crippen LogP contribution in [0.25, 0.3) is 0 Å². The number of carbonyl (C=O) groups excluding carboxylic acids is 1. The average molecular weight is 269 g/mol. The van der Waals surface area contributed by atoms with Crippen molar-refractivity contribution in [2.24, 2.45) is 0 Å². The number of anilines is 1. The number of aryl methyl sites for hydroxylation is 2. The molecule has 1 amide bonds. The first-order chi connectivity index (χ1) is 8.23. The van der Waals surface area contributed by atoms with Crippen molar-refractivity contribution in [2.75, 3.05) is 38.6 Å². The molecule has 3 nitrogen and oxygen atoms in total. The Morgan fingerprint density at radius 2 is 1.72 bits per heavy atom.